The van der Waals surface area contributed by atoms with Gasteiger partial charge in [0.2, 0.25) is 0 Å². The highest BCUT2D eigenvalue weighted by atomic mass is 35.5. The molecule has 0 aliphatic heterocycles. The highest BCUT2D eigenvalue weighted by molar-refractivity contribution is 7.17. The summed E-state index contributed by atoms with van der Waals surface area (Å²) in [4.78, 5) is 26.3. The number of hydrogen-bond acceptors (Lipinski definition) is 5. The maximum absolute atomic E-state index is 12.6. The topological polar surface area (TPSA) is 64.6 Å². The van der Waals surface area contributed by atoms with Gasteiger partial charge in [0.05, 0.1) is 12.2 Å². The minimum atomic E-state index is -0.371. The summed E-state index contributed by atoms with van der Waals surface area (Å²) < 4.78 is 10.9. The second kappa shape index (κ2) is 9.63. The molecule has 7 heteroatoms. The number of esters is 1. The summed E-state index contributed by atoms with van der Waals surface area (Å²) in [6.45, 7) is 5.99. The zero-order chi connectivity index (χ0) is 21.0. The molecule has 0 spiro atoms. The number of rotatable bonds is 7. The predicted molar refractivity (Wildman–Crippen MR) is 116 cm³/mol. The van der Waals surface area contributed by atoms with Gasteiger partial charge in [-0.25, -0.2) is 4.79 Å². The van der Waals surface area contributed by atoms with Gasteiger partial charge in [0.15, 0.2) is 6.61 Å². The van der Waals surface area contributed by atoms with E-state index < -0.39 is 0 Å². The van der Waals surface area contributed by atoms with Crippen molar-refractivity contribution in [2.45, 2.75) is 46.5 Å². The summed E-state index contributed by atoms with van der Waals surface area (Å²) in [5.41, 5.74) is 2.40. The molecule has 5 nitrogen and oxygen atoms in total. The number of amides is 1. The van der Waals surface area contributed by atoms with Crippen LogP contribution < -0.4 is 10.1 Å². The van der Waals surface area contributed by atoms with Gasteiger partial charge in [-0.1, -0.05) is 24.9 Å². The first-order valence-corrected chi connectivity index (χ1v) is 11.1. The van der Waals surface area contributed by atoms with Crippen LogP contribution in [0.25, 0.3) is 0 Å². The molecule has 0 saturated heterocycles. The largest absolute Gasteiger partial charge is 0.483 e. The van der Waals surface area contributed by atoms with Gasteiger partial charge in [-0.3, -0.25) is 4.79 Å². The Morgan fingerprint density at radius 1 is 1.31 bits per heavy atom. The quantitative estimate of drug-likeness (QED) is 0.590. The van der Waals surface area contributed by atoms with E-state index in [2.05, 4.69) is 12.2 Å². The Kier molecular flexibility index (Phi) is 7.19. The van der Waals surface area contributed by atoms with E-state index in [1.807, 2.05) is 6.92 Å². The molecule has 1 unspecified atom stereocenters. The van der Waals surface area contributed by atoms with Gasteiger partial charge in [-0.05, 0) is 68.4 Å². The van der Waals surface area contributed by atoms with Crippen LogP contribution in [0.1, 0.15) is 53.1 Å². The van der Waals surface area contributed by atoms with Crippen LogP contribution in [-0.2, 0) is 22.4 Å². The molecule has 0 saturated carbocycles. The summed E-state index contributed by atoms with van der Waals surface area (Å²) in [6, 6.07) is 5.24. The lowest BCUT2D eigenvalue weighted by Crippen LogP contribution is -2.21. The second-order valence-electron chi connectivity index (χ2n) is 7.19. The fourth-order valence-corrected chi connectivity index (χ4v) is 5.18. The van der Waals surface area contributed by atoms with E-state index in [0.717, 1.165) is 36.8 Å². The molecule has 1 aliphatic rings. The Hall–Kier alpha value is -2.05. The molecule has 1 atom stereocenters. The van der Waals surface area contributed by atoms with Crippen molar-refractivity contribution < 1.29 is 19.1 Å². The molecule has 1 amide bonds. The van der Waals surface area contributed by atoms with E-state index in [9.17, 15) is 9.59 Å². The van der Waals surface area contributed by atoms with Gasteiger partial charge in [-0.2, -0.15) is 0 Å². The van der Waals surface area contributed by atoms with Crippen molar-refractivity contribution in [1.82, 2.24) is 0 Å². The van der Waals surface area contributed by atoms with Crippen molar-refractivity contribution in [3.8, 4) is 5.75 Å². The number of halogens is 1. The van der Waals surface area contributed by atoms with Crippen molar-refractivity contribution in [3.63, 3.8) is 0 Å². The van der Waals surface area contributed by atoms with E-state index in [-0.39, 0.29) is 18.5 Å². The Morgan fingerprint density at radius 3 is 2.79 bits per heavy atom. The maximum atomic E-state index is 12.6. The number of anilines is 1. The zero-order valence-corrected chi connectivity index (χ0v) is 18.5. The molecule has 0 bridgehead atoms. The SMILES string of the molecule is CCOC(=O)c1c(NC(=O)COc2ccc(Cl)cc2C)sc2c1CCC(CC)C2. The molecule has 0 fully saturated rings. The molecule has 3 rings (SSSR count). The smallest absolute Gasteiger partial charge is 0.341 e. The van der Waals surface area contributed by atoms with Crippen molar-refractivity contribution >= 4 is 39.8 Å². The Balaban J connectivity index is 1.75. The third kappa shape index (κ3) is 5.11. The number of carbonyl (C=O) groups excluding carboxylic acids is 2. The molecule has 1 N–H and O–H groups in total. The van der Waals surface area contributed by atoms with E-state index in [0.29, 0.717) is 33.9 Å². The van der Waals surface area contributed by atoms with Gasteiger partial charge in [-0.15, -0.1) is 11.3 Å². The zero-order valence-electron chi connectivity index (χ0n) is 17.0. The van der Waals surface area contributed by atoms with E-state index in [1.165, 1.54) is 16.2 Å². The molecule has 0 radical (unpaired) electrons. The standard InChI is InChI=1S/C22H26ClNO4S/c1-4-14-6-8-16-18(11-14)29-21(20(16)22(26)27-5-2)24-19(25)12-28-17-9-7-15(23)10-13(17)3/h7,9-10,14H,4-6,8,11-12H2,1-3H3,(H,24,25). The summed E-state index contributed by atoms with van der Waals surface area (Å²) >= 11 is 7.44. The average molecular weight is 436 g/mol. The molecule has 29 heavy (non-hydrogen) atoms. The Labute approximate surface area is 180 Å². The van der Waals surface area contributed by atoms with E-state index in [4.69, 9.17) is 21.1 Å². The van der Waals surface area contributed by atoms with Crippen molar-refractivity contribution in [3.05, 3.63) is 44.8 Å². The second-order valence-corrected chi connectivity index (χ2v) is 8.73. The lowest BCUT2D eigenvalue weighted by molar-refractivity contribution is -0.118. The fourth-order valence-electron chi connectivity index (χ4n) is 3.59. The maximum Gasteiger partial charge on any atom is 0.341 e. The number of fused-ring (bicyclic) bond motifs is 1. The first-order chi connectivity index (χ1) is 13.9. The molecule has 1 aromatic carbocycles. The highest BCUT2D eigenvalue weighted by Gasteiger charge is 2.29. The van der Waals surface area contributed by atoms with Crippen LogP contribution in [0.2, 0.25) is 5.02 Å². The minimum absolute atomic E-state index is 0.148. The third-order valence-electron chi connectivity index (χ3n) is 5.17. The summed E-state index contributed by atoms with van der Waals surface area (Å²) in [6.07, 6.45) is 3.95. The van der Waals surface area contributed by atoms with Crippen molar-refractivity contribution in [2.24, 2.45) is 5.92 Å². The van der Waals surface area contributed by atoms with Gasteiger partial charge in [0.25, 0.3) is 5.91 Å². The van der Waals surface area contributed by atoms with Gasteiger partial charge in [0, 0.05) is 9.90 Å². The van der Waals surface area contributed by atoms with Crippen LogP contribution in [0.15, 0.2) is 18.2 Å². The monoisotopic (exact) mass is 435 g/mol. The number of thiophene rings is 1. The van der Waals surface area contributed by atoms with Crippen LogP contribution in [0.3, 0.4) is 0 Å². The fraction of sp³-hybridized carbons (Fsp3) is 0.455. The van der Waals surface area contributed by atoms with E-state index >= 15 is 0 Å². The van der Waals surface area contributed by atoms with E-state index in [1.54, 1.807) is 25.1 Å². The molecular weight excluding hydrogens is 410 g/mol. The van der Waals surface area contributed by atoms with Crippen LogP contribution in [0.4, 0.5) is 5.00 Å². The van der Waals surface area contributed by atoms with Gasteiger partial charge >= 0.3 is 5.97 Å². The number of carbonyl (C=O) groups is 2. The van der Waals surface area contributed by atoms with Crippen LogP contribution in [0, 0.1) is 12.8 Å². The normalized spacial score (nSPS) is 15.5. The highest BCUT2D eigenvalue weighted by Crippen LogP contribution is 2.40. The number of hydrogen-bond donors (Lipinski definition) is 1. The number of nitrogens with one attached hydrogen (secondary N) is 1. The summed E-state index contributed by atoms with van der Waals surface area (Å²) in [5.74, 6) is 0.544. The number of aryl methyl sites for hydroxylation is 1. The summed E-state index contributed by atoms with van der Waals surface area (Å²) in [7, 11) is 0. The molecule has 1 aromatic heterocycles. The third-order valence-corrected chi connectivity index (χ3v) is 6.58. The predicted octanol–water partition coefficient (Wildman–Crippen LogP) is 5.42. The van der Waals surface area contributed by atoms with Crippen LogP contribution in [0.5, 0.6) is 5.75 Å². The van der Waals surface area contributed by atoms with Crippen molar-refractivity contribution in [1.29, 1.82) is 0 Å². The number of ether oxygens (including phenoxy) is 2. The molecule has 1 aliphatic carbocycles. The van der Waals surface area contributed by atoms with Crippen LogP contribution in [-0.4, -0.2) is 25.1 Å². The molecule has 2 aromatic rings. The van der Waals surface area contributed by atoms with Gasteiger partial charge < -0.3 is 14.8 Å². The van der Waals surface area contributed by atoms with Crippen molar-refractivity contribution in [2.75, 3.05) is 18.5 Å². The summed E-state index contributed by atoms with van der Waals surface area (Å²) in [5, 5.41) is 4.05. The molecular formula is C22H26ClNO4S. The lowest BCUT2D eigenvalue weighted by atomic mass is 9.85. The van der Waals surface area contributed by atoms with Crippen LogP contribution >= 0.6 is 22.9 Å². The number of benzene rings is 1. The van der Waals surface area contributed by atoms with Gasteiger partial charge in [0.1, 0.15) is 10.8 Å². The Morgan fingerprint density at radius 2 is 2.10 bits per heavy atom. The first kappa shape index (κ1) is 21.7. The first-order valence-electron chi connectivity index (χ1n) is 9.93. The minimum Gasteiger partial charge on any atom is -0.483 e. The molecule has 156 valence electrons. The average Bonchev–Trinajstić information content (AvgIpc) is 3.04. The molecule has 1 heterocycles. The lowest BCUT2D eigenvalue weighted by Gasteiger charge is -2.20. The Bertz CT molecular complexity index is 908.